The molecule has 0 aromatic carbocycles. The van der Waals surface area contributed by atoms with E-state index >= 15 is 0 Å². The van der Waals surface area contributed by atoms with Gasteiger partial charge in [0.2, 0.25) is 5.56 Å². The highest BCUT2D eigenvalue weighted by molar-refractivity contribution is 7.99. The van der Waals surface area contributed by atoms with Gasteiger partial charge in [0.1, 0.15) is 12.3 Å². The summed E-state index contributed by atoms with van der Waals surface area (Å²) in [5.41, 5.74) is 1.94. The number of pyridine rings is 1. The third-order valence-electron chi connectivity index (χ3n) is 5.16. The van der Waals surface area contributed by atoms with Crippen molar-refractivity contribution in [2.75, 3.05) is 11.5 Å². The van der Waals surface area contributed by atoms with Crippen molar-refractivity contribution in [2.45, 2.75) is 72.3 Å². The lowest BCUT2D eigenvalue weighted by atomic mass is 10.1. The maximum absolute atomic E-state index is 12.6. The number of ether oxygens (including phenoxy) is 1. The number of nitrogens with zero attached hydrogens (tertiary/aromatic N) is 5. The lowest BCUT2D eigenvalue weighted by molar-refractivity contribution is -0.0182. The molecule has 3 aromatic rings. The molecule has 1 N–H and O–H groups in total. The molecule has 1 aliphatic rings. The van der Waals surface area contributed by atoms with E-state index in [1.807, 2.05) is 48.8 Å². The Bertz CT molecular complexity index is 1120. The van der Waals surface area contributed by atoms with Crippen LogP contribution in [0.2, 0.25) is 0 Å². The van der Waals surface area contributed by atoms with Crippen molar-refractivity contribution in [2.24, 2.45) is 0 Å². The summed E-state index contributed by atoms with van der Waals surface area (Å²) in [5.74, 6) is 3.45. The largest absolute Gasteiger partial charge is 0.368 e. The Labute approximate surface area is 180 Å². The highest BCUT2D eigenvalue weighted by Gasteiger charge is 2.27. The minimum atomic E-state index is -0.277. The maximum Gasteiger partial charge on any atom is 0.250 e. The molecule has 0 radical (unpaired) electrons. The number of thioether (sulfide) groups is 1. The summed E-state index contributed by atoms with van der Waals surface area (Å²) in [4.78, 5) is 20.4. The van der Waals surface area contributed by atoms with E-state index in [-0.39, 0.29) is 23.2 Å². The molecule has 4 heterocycles. The van der Waals surface area contributed by atoms with Crippen LogP contribution in [-0.2, 0) is 11.3 Å². The van der Waals surface area contributed by atoms with Crippen LogP contribution in [-0.4, -0.2) is 46.6 Å². The number of hydrogen-bond acceptors (Lipinski definition) is 6. The lowest BCUT2D eigenvalue weighted by Gasteiger charge is -2.18. The predicted octanol–water partition coefficient (Wildman–Crippen LogP) is 3.87. The second-order valence-corrected chi connectivity index (χ2v) is 10.3. The predicted molar refractivity (Wildman–Crippen MR) is 120 cm³/mol. The van der Waals surface area contributed by atoms with E-state index in [1.54, 1.807) is 6.07 Å². The molecule has 8 nitrogen and oxygen atoms in total. The standard InChI is InChI=1S/C21H30N6O2S/c1-12(2)26-20-18(13(3)24-26)15(9-17(28)23-20)19-22-16(10-29-21(4,5)6)25-27(19)14-7-8-30-11-14/h9,12,14H,7-8,10-11H2,1-6H3,(H,23,28). The smallest absolute Gasteiger partial charge is 0.250 e. The molecule has 3 aromatic heterocycles. The molecule has 1 saturated heterocycles. The zero-order valence-corrected chi connectivity index (χ0v) is 19.3. The van der Waals surface area contributed by atoms with Crippen LogP contribution in [0.15, 0.2) is 10.9 Å². The van der Waals surface area contributed by atoms with E-state index in [0.29, 0.717) is 12.4 Å². The van der Waals surface area contributed by atoms with Gasteiger partial charge in [0.25, 0.3) is 0 Å². The molecule has 0 spiro atoms. The molecular weight excluding hydrogens is 400 g/mol. The Balaban J connectivity index is 1.89. The van der Waals surface area contributed by atoms with Crippen LogP contribution in [0, 0.1) is 6.92 Å². The zero-order chi connectivity index (χ0) is 21.6. The lowest BCUT2D eigenvalue weighted by Crippen LogP contribution is -2.19. The van der Waals surface area contributed by atoms with Gasteiger partial charge in [0.05, 0.1) is 22.7 Å². The number of aromatic nitrogens is 6. The highest BCUT2D eigenvalue weighted by atomic mass is 32.2. The van der Waals surface area contributed by atoms with E-state index < -0.39 is 0 Å². The Kier molecular flexibility index (Phi) is 5.52. The van der Waals surface area contributed by atoms with Gasteiger partial charge in [-0.3, -0.25) is 4.79 Å². The van der Waals surface area contributed by atoms with Gasteiger partial charge in [0.15, 0.2) is 11.6 Å². The van der Waals surface area contributed by atoms with Gasteiger partial charge in [-0.05, 0) is 53.7 Å². The van der Waals surface area contributed by atoms with E-state index in [4.69, 9.17) is 14.8 Å². The van der Waals surface area contributed by atoms with Gasteiger partial charge in [-0.15, -0.1) is 0 Å². The molecule has 1 aliphatic heterocycles. The summed E-state index contributed by atoms with van der Waals surface area (Å²) in [6.07, 6.45) is 1.04. The number of rotatable bonds is 5. The van der Waals surface area contributed by atoms with E-state index in [2.05, 4.69) is 23.9 Å². The fourth-order valence-corrected chi connectivity index (χ4v) is 4.94. The highest BCUT2D eigenvalue weighted by Crippen LogP contribution is 2.34. The van der Waals surface area contributed by atoms with Crippen LogP contribution in [0.1, 0.15) is 64.6 Å². The van der Waals surface area contributed by atoms with Gasteiger partial charge in [-0.25, -0.2) is 14.3 Å². The average molecular weight is 431 g/mol. The summed E-state index contributed by atoms with van der Waals surface area (Å²) < 4.78 is 9.79. The first-order valence-electron chi connectivity index (χ1n) is 10.4. The molecule has 162 valence electrons. The molecule has 1 atom stereocenters. The van der Waals surface area contributed by atoms with Crippen LogP contribution in [0.25, 0.3) is 22.4 Å². The third kappa shape index (κ3) is 4.05. The molecule has 0 bridgehead atoms. The van der Waals surface area contributed by atoms with Crippen molar-refractivity contribution in [3.63, 3.8) is 0 Å². The quantitative estimate of drug-likeness (QED) is 0.661. The second kappa shape index (κ2) is 7.85. The van der Waals surface area contributed by atoms with Gasteiger partial charge in [-0.1, -0.05) is 0 Å². The first kappa shape index (κ1) is 21.1. The van der Waals surface area contributed by atoms with Gasteiger partial charge in [0, 0.05) is 23.4 Å². The Morgan fingerprint density at radius 1 is 1.33 bits per heavy atom. The van der Waals surface area contributed by atoms with Gasteiger partial charge in [-0.2, -0.15) is 22.0 Å². The SMILES string of the molecule is Cc1nn(C(C)C)c2[nH]c(=O)cc(-c3nc(COC(C)(C)C)nn3C3CCSC3)c12. The normalized spacial score (nSPS) is 17.5. The summed E-state index contributed by atoms with van der Waals surface area (Å²) >= 11 is 1.92. The number of aryl methyl sites for hydroxylation is 1. The average Bonchev–Trinajstić information content (AvgIpc) is 3.37. The van der Waals surface area contributed by atoms with Gasteiger partial charge >= 0.3 is 0 Å². The van der Waals surface area contributed by atoms with Crippen LogP contribution < -0.4 is 5.56 Å². The van der Waals surface area contributed by atoms with E-state index in [9.17, 15) is 4.79 Å². The third-order valence-corrected chi connectivity index (χ3v) is 6.31. The second-order valence-electron chi connectivity index (χ2n) is 9.11. The van der Waals surface area contributed by atoms with Crippen LogP contribution in [0.3, 0.4) is 0 Å². The molecule has 30 heavy (non-hydrogen) atoms. The summed E-state index contributed by atoms with van der Waals surface area (Å²) in [7, 11) is 0. The van der Waals surface area contributed by atoms with Crippen molar-refractivity contribution < 1.29 is 4.74 Å². The number of nitrogens with one attached hydrogen (secondary N) is 1. The van der Waals surface area contributed by atoms with Crippen molar-refractivity contribution in [3.8, 4) is 11.4 Å². The Morgan fingerprint density at radius 2 is 2.10 bits per heavy atom. The van der Waals surface area contributed by atoms with Gasteiger partial charge < -0.3 is 9.72 Å². The first-order chi connectivity index (χ1) is 14.1. The van der Waals surface area contributed by atoms with Crippen LogP contribution >= 0.6 is 11.8 Å². The molecule has 0 amide bonds. The van der Waals surface area contributed by atoms with E-state index in [1.165, 1.54) is 0 Å². The summed E-state index contributed by atoms with van der Waals surface area (Å²) in [5, 5.41) is 10.4. The topological polar surface area (TPSA) is 90.6 Å². The number of H-pyrrole nitrogens is 1. The van der Waals surface area contributed by atoms with Crippen molar-refractivity contribution in [1.82, 2.24) is 29.5 Å². The van der Waals surface area contributed by atoms with Crippen LogP contribution in [0.5, 0.6) is 0 Å². The first-order valence-corrected chi connectivity index (χ1v) is 11.6. The fourth-order valence-electron chi connectivity index (χ4n) is 3.76. The maximum atomic E-state index is 12.6. The molecular formula is C21H30N6O2S. The van der Waals surface area contributed by atoms with Crippen molar-refractivity contribution in [3.05, 3.63) is 27.9 Å². The molecule has 9 heteroatoms. The molecule has 0 aliphatic carbocycles. The van der Waals surface area contributed by atoms with Crippen molar-refractivity contribution >= 4 is 22.8 Å². The number of hydrogen-bond donors (Lipinski definition) is 1. The zero-order valence-electron chi connectivity index (χ0n) is 18.5. The monoisotopic (exact) mass is 430 g/mol. The minimum absolute atomic E-state index is 0.131. The van der Waals surface area contributed by atoms with Crippen LogP contribution in [0.4, 0.5) is 0 Å². The number of aromatic amines is 1. The molecule has 4 rings (SSSR count). The molecule has 1 fully saturated rings. The molecule has 0 saturated carbocycles. The fraction of sp³-hybridized carbons (Fsp3) is 0.619. The number of fused-ring (bicyclic) bond motifs is 1. The Hall–Kier alpha value is -2.13. The Morgan fingerprint density at radius 3 is 2.73 bits per heavy atom. The minimum Gasteiger partial charge on any atom is -0.368 e. The summed E-state index contributed by atoms with van der Waals surface area (Å²) in [6.45, 7) is 12.5. The molecule has 1 unspecified atom stereocenters. The summed E-state index contributed by atoms with van der Waals surface area (Å²) in [6, 6.07) is 2.02. The van der Waals surface area contributed by atoms with Crippen molar-refractivity contribution in [1.29, 1.82) is 0 Å². The van der Waals surface area contributed by atoms with E-state index in [0.717, 1.165) is 46.0 Å².